The topological polar surface area (TPSA) is 63.5 Å². The highest BCUT2D eigenvalue weighted by Crippen LogP contribution is 2.27. The molecule has 27 heavy (non-hydrogen) atoms. The lowest BCUT2D eigenvalue weighted by molar-refractivity contribution is 0.0952. The summed E-state index contributed by atoms with van der Waals surface area (Å²) in [6, 6.07) is 4.45. The predicted molar refractivity (Wildman–Crippen MR) is 110 cm³/mol. The van der Waals surface area contributed by atoms with Gasteiger partial charge in [0.25, 0.3) is 11.5 Å². The number of nitrogens with zero attached hydrogens (tertiary/aromatic N) is 2. The first-order valence-electron chi connectivity index (χ1n) is 9.02. The number of aryl methyl sites for hydroxylation is 2. The van der Waals surface area contributed by atoms with Crippen molar-refractivity contribution in [2.75, 3.05) is 6.54 Å². The van der Waals surface area contributed by atoms with Gasteiger partial charge in [0, 0.05) is 24.3 Å². The van der Waals surface area contributed by atoms with Crippen LogP contribution in [-0.2, 0) is 11.8 Å². The molecule has 2 aromatic heterocycles. The van der Waals surface area contributed by atoms with Crippen LogP contribution in [0, 0.1) is 13.8 Å². The maximum atomic E-state index is 12.4. The van der Waals surface area contributed by atoms with Crippen LogP contribution >= 0.6 is 11.3 Å². The molecule has 0 saturated heterocycles. The SMILES string of the molecule is Cc1cc(C(C)(C)C)cc(C)c1CCNC(=O)c1cnc2sccn2c1=O. The average molecular weight is 384 g/mol. The molecule has 0 fully saturated rings. The number of thiazole rings is 1. The standard InChI is InChI=1S/C21H25N3O2S/c1-13-10-15(21(3,4)5)11-14(2)16(13)6-7-22-18(25)17-12-23-20-24(19(17)26)8-9-27-20/h8-12H,6-7H2,1-5H3,(H,22,25). The molecule has 0 aliphatic rings. The first-order valence-corrected chi connectivity index (χ1v) is 9.90. The Morgan fingerprint density at radius 2 is 1.89 bits per heavy atom. The van der Waals surface area contributed by atoms with Crippen molar-refractivity contribution in [3.63, 3.8) is 0 Å². The molecule has 0 bridgehead atoms. The number of carbonyl (C=O) groups excluding carboxylic acids is 1. The van der Waals surface area contributed by atoms with Crippen molar-refractivity contribution < 1.29 is 4.79 Å². The molecule has 1 amide bonds. The number of benzene rings is 1. The molecule has 0 aliphatic carbocycles. The zero-order valence-electron chi connectivity index (χ0n) is 16.4. The summed E-state index contributed by atoms with van der Waals surface area (Å²) in [6.45, 7) is 11.3. The van der Waals surface area contributed by atoms with E-state index in [0.717, 1.165) is 6.42 Å². The predicted octanol–water partition coefficient (Wildman–Crippen LogP) is 3.64. The van der Waals surface area contributed by atoms with Crippen LogP contribution in [0.15, 0.2) is 34.7 Å². The van der Waals surface area contributed by atoms with Gasteiger partial charge in [-0.25, -0.2) is 4.98 Å². The summed E-state index contributed by atoms with van der Waals surface area (Å²) in [5.41, 5.74) is 4.87. The van der Waals surface area contributed by atoms with Crippen LogP contribution in [-0.4, -0.2) is 21.8 Å². The van der Waals surface area contributed by atoms with Gasteiger partial charge in [0.1, 0.15) is 5.56 Å². The number of hydrogen-bond donors (Lipinski definition) is 1. The van der Waals surface area contributed by atoms with Crippen LogP contribution in [0.25, 0.3) is 4.96 Å². The fourth-order valence-corrected chi connectivity index (χ4v) is 3.87. The third-order valence-corrected chi connectivity index (χ3v) is 5.58. The molecule has 0 spiro atoms. The summed E-state index contributed by atoms with van der Waals surface area (Å²) in [7, 11) is 0. The number of carbonyl (C=O) groups is 1. The fourth-order valence-electron chi connectivity index (χ4n) is 3.20. The third kappa shape index (κ3) is 3.95. The molecule has 0 unspecified atom stereocenters. The molecular formula is C21H25N3O2S. The summed E-state index contributed by atoms with van der Waals surface area (Å²) >= 11 is 1.36. The Kier molecular flexibility index (Phi) is 5.20. The first kappa shape index (κ1) is 19.3. The Morgan fingerprint density at radius 1 is 1.22 bits per heavy atom. The van der Waals surface area contributed by atoms with E-state index in [1.165, 1.54) is 44.2 Å². The molecule has 3 rings (SSSR count). The Morgan fingerprint density at radius 3 is 2.52 bits per heavy atom. The number of nitrogens with one attached hydrogen (secondary N) is 1. The van der Waals surface area contributed by atoms with Crippen molar-refractivity contribution in [3.8, 4) is 0 Å². The van der Waals surface area contributed by atoms with Crippen LogP contribution in [0.1, 0.15) is 53.4 Å². The van der Waals surface area contributed by atoms with Crippen molar-refractivity contribution in [1.82, 2.24) is 14.7 Å². The Hall–Kier alpha value is -2.47. The summed E-state index contributed by atoms with van der Waals surface area (Å²) in [5, 5.41) is 4.63. The number of hydrogen-bond acceptors (Lipinski definition) is 4. The minimum atomic E-state index is -0.380. The van der Waals surface area contributed by atoms with E-state index in [2.05, 4.69) is 57.1 Å². The monoisotopic (exact) mass is 383 g/mol. The summed E-state index contributed by atoms with van der Waals surface area (Å²) < 4.78 is 1.40. The van der Waals surface area contributed by atoms with Gasteiger partial charge in [0.05, 0.1) is 0 Å². The average Bonchev–Trinajstić information content (AvgIpc) is 3.06. The zero-order chi connectivity index (χ0) is 19.8. The second-order valence-electron chi connectivity index (χ2n) is 7.88. The van der Waals surface area contributed by atoms with E-state index in [-0.39, 0.29) is 22.4 Å². The van der Waals surface area contributed by atoms with Crippen LogP contribution in [0.3, 0.4) is 0 Å². The molecule has 0 saturated carbocycles. The van der Waals surface area contributed by atoms with E-state index in [1.807, 2.05) is 0 Å². The fraction of sp³-hybridized carbons (Fsp3) is 0.381. The van der Waals surface area contributed by atoms with Crippen molar-refractivity contribution >= 4 is 22.2 Å². The van der Waals surface area contributed by atoms with Crippen LogP contribution < -0.4 is 10.9 Å². The third-order valence-electron chi connectivity index (χ3n) is 4.81. The molecule has 5 nitrogen and oxygen atoms in total. The molecule has 1 aromatic carbocycles. The number of aromatic nitrogens is 2. The quantitative estimate of drug-likeness (QED) is 0.748. The minimum Gasteiger partial charge on any atom is -0.351 e. The van der Waals surface area contributed by atoms with Crippen LogP contribution in [0.2, 0.25) is 0 Å². The summed E-state index contributed by atoms with van der Waals surface area (Å²) in [6.07, 6.45) is 3.72. The zero-order valence-corrected chi connectivity index (χ0v) is 17.2. The summed E-state index contributed by atoms with van der Waals surface area (Å²) in [4.78, 5) is 29.5. The van der Waals surface area contributed by atoms with E-state index in [1.54, 1.807) is 11.6 Å². The molecule has 6 heteroatoms. The van der Waals surface area contributed by atoms with Crippen molar-refractivity contribution in [1.29, 1.82) is 0 Å². The molecule has 2 heterocycles. The summed E-state index contributed by atoms with van der Waals surface area (Å²) in [5.74, 6) is -0.380. The van der Waals surface area contributed by atoms with Gasteiger partial charge in [-0.05, 0) is 47.9 Å². The molecule has 3 aromatic rings. The van der Waals surface area contributed by atoms with E-state index in [0.29, 0.717) is 11.5 Å². The van der Waals surface area contributed by atoms with Gasteiger partial charge in [0.2, 0.25) is 0 Å². The number of rotatable bonds is 4. The Labute approximate surface area is 163 Å². The van der Waals surface area contributed by atoms with Gasteiger partial charge in [-0.15, -0.1) is 11.3 Å². The van der Waals surface area contributed by atoms with Crippen molar-refractivity contribution in [2.45, 2.75) is 46.5 Å². The van der Waals surface area contributed by atoms with Gasteiger partial charge in [0.15, 0.2) is 4.96 Å². The number of amides is 1. The maximum Gasteiger partial charge on any atom is 0.271 e. The van der Waals surface area contributed by atoms with E-state index >= 15 is 0 Å². The number of fused-ring (bicyclic) bond motifs is 1. The second-order valence-corrected chi connectivity index (χ2v) is 8.75. The smallest absolute Gasteiger partial charge is 0.271 e. The van der Waals surface area contributed by atoms with Crippen LogP contribution in [0.4, 0.5) is 0 Å². The largest absolute Gasteiger partial charge is 0.351 e. The molecule has 142 valence electrons. The molecular weight excluding hydrogens is 358 g/mol. The van der Waals surface area contributed by atoms with E-state index in [4.69, 9.17) is 0 Å². The molecule has 0 radical (unpaired) electrons. The van der Waals surface area contributed by atoms with Gasteiger partial charge >= 0.3 is 0 Å². The van der Waals surface area contributed by atoms with Crippen molar-refractivity contribution in [2.24, 2.45) is 0 Å². The molecule has 0 aliphatic heterocycles. The highest BCUT2D eigenvalue weighted by Gasteiger charge is 2.17. The Balaban J connectivity index is 1.71. The van der Waals surface area contributed by atoms with Crippen molar-refractivity contribution in [3.05, 3.63) is 68.1 Å². The second kappa shape index (κ2) is 7.27. The normalized spacial score (nSPS) is 11.7. The van der Waals surface area contributed by atoms with Crippen LogP contribution in [0.5, 0.6) is 0 Å². The molecule has 1 N–H and O–H groups in total. The van der Waals surface area contributed by atoms with Gasteiger partial charge in [-0.1, -0.05) is 32.9 Å². The first-order chi connectivity index (χ1) is 12.7. The maximum absolute atomic E-state index is 12.4. The lowest BCUT2D eigenvalue weighted by atomic mass is 9.83. The lowest BCUT2D eigenvalue weighted by Gasteiger charge is -2.22. The van der Waals surface area contributed by atoms with Gasteiger partial charge in [-0.3, -0.25) is 14.0 Å². The molecule has 0 atom stereocenters. The lowest BCUT2D eigenvalue weighted by Crippen LogP contribution is -2.32. The van der Waals surface area contributed by atoms with E-state index < -0.39 is 0 Å². The Bertz CT molecular complexity index is 1030. The van der Waals surface area contributed by atoms with E-state index in [9.17, 15) is 9.59 Å². The minimum absolute atomic E-state index is 0.0717. The van der Waals surface area contributed by atoms with Gasteiger partial charge in [-0.2, -0.15) is 0 Å². The highest BCUT2D eigenvalue weighted by molar-refractivity contribution is 7.15. The van der Waals surface area contributed by atoms with Gasteiger partial charge < -0.3 is 5.32 Å². The highest BCUT2D eigenvalue weighted by atomic mass is 32.1.